The van der Waals surface area contributed by atoms with Gasteiger partial charge in [-0.25, -0.2) is 0 Å². The van der Waals surface area contributed by atoms with Crippen molar-refractivity contribution in [2.24, 2.45) is 0 Å². The molecule has 0 rings (SSSR count). The maximum absolute atomic E-state index is 8.84. The van der Waals surface area contributed by atoms with Gasteiger partial charge >= 0.3 is 76.9 Å². The van der Waals surface area contributed by atoms with Crippen LogP contribution in [0.2, 0.25) is 5.82 Å². The van der Waals surface area contributed by atoms with Gasteiger partial charge in [0.15, 0.2) is 0 Å². The van der Waals surface area contributed by atoms with Crippen LogP contribution in [-0.4, -0.2) is 0 Å². The molecule has 69 valence electrons. The van der Waals surface area contributed by atoms with Crippen molar-refractivity contribution in [2.75, 3.05) is 0 Å². The predicted octanol–water partition coefficient (Wildman–Crippen LogP) is 0.682. The molecule has 14 heavy (non-hydrogen) atoms. The molecule has 0 atom stereocenters. The molecular formula is C7H3FeN6. The van der Waals surface area contributed by atoms with Crippen LogP contribution in [0.5, 0.6) is 0 Å². The monoisotopic (exact) mass is 227 g/mol. The number of hydrogen-bond acceptors (Lipinski definition) is 6. The van der Waals surface area contributed by atoms with E-state index in [1.54, 1.807) is 0 Å². The summed E-state index contributed by atoms with van der Waals surface area (Å²) in [6.45, 7) is 0. The van der Waals surface area contributed by atoms with Gasteiger partial charge in [0.2, 0.25) is 0 Å². The molecule has 0 fully saturated rings. The fourth-order valence-electron chi connectivity index (χ4n) is 0.265. The molecule has 0 aromatic heterocycles. The van der Waals surface area contributed by atoms with Crippen LogP contribution in [0.1, 0.15) is 0 Å². The maximum atomic E-state index is 8.84. The van der Waals surface area contributed by atoms with Crippen molar-refractivity contribution in [2.45, 2.75) is 5.82 Å². The van der Waals surface area contributed by atoms with Crippen LogP contribution in [0, 0.1) is 61.4 Å². The van der Waals surface area contributed by atoms with E-state index in [0.29, 0.717) is 5.82 Å². The van der Waals surface area contributed by atoms with Crippen molar-refractivity contribution in [3.63, 3.8) is 0 Å². The van der Waals surface area contributed by atoms with Gasteiger partial charge in [-0.2, -0.15) is 0 Å². The summed E-state index contributed by atoms with van der Waals surface area (Å²) in [5.41, 5.74) is 0. The number of hydrogen-bond donors (Lipinski definition) is 0. The summed E-state index contributed by atoms with van der Waals surface area (Å²) in [5, 5.41) is 53.0. The summed E-state index contributed by atoms with van der Waals surface area (Å²) in [4.78, 5) is 6.63. The molecule has 0 unspecified atom stereocenters. The SMILES string of the molecule is [CH3][Fe]([C]#N)([C]#N)([C]#N)([C]#N)([C]#N)[C]#N. The molecule has 0 radical (unpaired) electrons. The van der Waals surface area contributed by atoms with Gasteiger partial charge in [0, 0.05) is 0 Å². The molecule has 0 saturated carbocycles. The molecule has 0 heterocycles. The minimum absolute atomic E-state index is 0.560. The fraction of sp³-hybridized carbons (Fsp3) is 0.143. The Morgan fingerprint density at radius 2 is 0.714 bits per heavy atom. The molecule has 6 nitrogen and oxygen atoms in total. The molecule has 0 saturated heterocycles. The van der Waals surface area contributed by atoms with Gasteiger partial charge in [0.25, 0.3) is 0 Å². The van der Waals surface area contributed by atoms with Crippen LogP contribution in [0.4, 0.5) is 0 Å². The van der Waals surface area contributed by atoms with Crippen LogP contribution in [0.3, 0.4) is 0 Å². The van der Waals surface area contributed by atoms with Crippen molar-refractivity contribution >= 4 is 0 Å². The Bertz CT molecular complexity index is 459. The van der Waals surface area contributed by atoms with Crippen molar-refractivity contribution < 1.29 is 9.68 Å². The molecule has 0 aromatic rings. The summed E-state index contributed by atoms with van der Waals surface area (Å²) in [5.74, 6) is 0.560. The third-order valence-corrected chi connectivity index (χ3v) is 6.85. The second-order valence-electron chi connectivity index (χ2n) is 2.86. The second kappa shape index (κ2) is 1.56. The average Bonchev–Trinajstić information content (AvgIpc) is 2.31. The zero-order valence-electron chi connectivity index (χ0n) is 7.04. The fourth-order valence-corrected chi connectivity index (χ4v) is 1.09. The zero-order chi connectivity index (χ0) is 11.6. The summed E-state index contributed by atoms with van der Waals surface area (Å²) in [7, 11) is -6.79. The van der Waals surface area contributed by atoms with E-state index < -0.39 is 9.68 Å². The summed E-state index contributed by atoms with van der Waals surface area (Å²) < 4.78 is 0. The van der Waals surface area contributed by atoms with E-state index in [-0.39, 0.29) is 0 Å². The van der Waals surface area contributed by atoms with Gasteiger partial charge in [0.1, 0.15) is 0 Å². The van der Waals surface area contributed by atoms with Gasteiger partial charge in [0.05, 0.1) is 0 Å². The average molecular weight is 227 g/mol. The van der Waals surface area contributed by atoms with E-state index in [2.05, 4.69) is 0 Å². The van der Waals surface area contributed by atoms with E-state index in [1.807, 2.05) is 0 Å². The molecule has 0 amide bonds. The summed E-state index contributed by atoms with van der Waals surface area (Å²) in [6.07, 6.45) is 0. The first-order chi connectivity index (χ1) is 6.22. The van der Waals surface area contributed by atoms with Gasteiger partial charge in [-0.05, 0) is 0 Å². The topological polar surface area (TPSA) is 143 Å². The normalized spacial score (nSPS) is 16.4. The van der Waals surface area contributed by atoms with E-state index in [1.165, 1.54) is 0 Å². The third kappa shape index (κ3) is 0.605. The third-order valence-electron chi connectivity index (χ3n) is 1.66. The molecule has 7 heteroatoms. The Hall–Kier alpha value is -2.54. The van der Waals surface area contributed by atoms with E-state index in [9.17, 15) is 0 Å². The molecule has 0 aliphatic carbocycles. The Kier molecular flexibility index (Phi) is 1.28. The number of nitriles is 6. The van der Waals surface area contributed by atoms with Gasteiger partial charge in [-0.3, -0.25) is 0 Å². The van der Waals surface area contributed by atoms with Crippen LogP contribution in [0.15, 0.2) is 0 Å². The minimum atomic E-state index is -6.79. The molecule has 0 bridgehead atoms. The van der Waals surface area contributed by atoms with Crippen LogP contribution >= 0.6 is 0 Å². The second-order valence-corrected chi connectivity index (χ2v) is 11.8. The van der Waals surface area contributed by atoms with E-state index in [4.69, 9.17) is 31.6 Å². The predicted molar refractivity (Wildman–Crippen MR) is 39.5 cm³/mol. The first-order valence-corrected chi connectivity index (χ1v) is 7.17. The Balaban J connectivity index is 7.57. The van der Waals surface area contributed by atoms with Crippen molar-refractivity contribution in [3.8, 4) is 29.8 Å². The quantitative estimate of drug-likeness (QED) is 0.556. The van der Waals surface area contributed by atoms with Crippen molar-refractivity contribution in [3.05, 3.63) is 0 Å². The summed E-state index contributed by atoms with van der Waals surface area (Å²) >= 11 is 0. The van der Waals surface area contributed by atoms with Gasteiger partial charge in [-0.1, -0.05) is 0 Å². The van der Waals surface area contributed by atoms with Crippen LogP contribution < -0.4 is 0 Å². The van der Waals surface area contributed by atoms with E-state index in [0.717, 1.165) is 29.8 Å². The molecule has 0 N–H and O–H groups in total. The van der Waals surface area contributed by atoms with E-state index >= 15 is 0 Å². The Labute approximate surface area is 77.3 Å². The molecular weight excluding hydrogens is 224 g/mol. The van der Waals surface area contributed by atoms with Crippen LogP contribution in [0.25, 0.3) is 0 Å². The van der Waals surface area contributed by atoms with Crippen molar-refractivity contribution in [1.82, 2.24) is 0 Å². The van der Waals surface area contributed by atoms with Gasteiger partial charge in [-0.15, -0.1) is 0 Å². The van der Waals surface area contributed by atoms with Crippen LogP contribution in [-0.2, 0) is 9.68 Å². The first kappa shape index (κ1) is 11.5. The molecule has 0 aliphatic rings. The molecule has 0 aliphatic heterocycles. The Morgan fingerprint density at radius 3 is 0.714 bits per heavy atom. The number of nitrogens with zero attached hydrogens (tertiary/aromatic N) is 6. The standard InChI is InChI=1S/6CN.CH3.Fe/c6*1-2;;/h;;;;;;1H3;. The first-order valence-electron chi connectivity index (χ1n) is 2.76. The molecule has 0 aromatic carbocycles. The van der Waals surface area contributed by atoms with Crippen molar-refractivity contribution in [1.29, 1.82) is 31.6 Å². The molecule has 0 spiro atoms. The van der Waals surface area contributed by atoms with Gasteiger partial charge < -0.3 is 0 Å². The number of rotatable bonds is 0. The Morgan fingerprint density at radius 1 is 0.571 bits per heavy atom. The summed E-state index contributed by atoms with van der Waals surface area (Å²) in [6, 6.07) is 0. The zero-order valence-corrected chi connectivity index (χ0v) is 8.14.